The van der Waals surface area contributed by atoms with E-state index in [-0.39, 0.29) is 10.8 Å². The number of amides is 1. The second-order valence-electron chi connectivity index (χ2n) is 5.18. The predicted molar refractivity (Wildman–Crippen MR) is 81.0 cm³/mol. The Morgan fingerprint density at radius 1 is 1.40 bits per heavy atom. The summed E-state index contributed by atoms with van der Waals surface area (Å²) < 4.78 is 22.7. The Morgan fingerprint density at radius 2 is 2.05 bits per heavy atom. The van der Waals surface area contributed by atoms with E-state index in [4.69, 9.17) is 10.7 Å². The van der Waals surface area contributed by atoms with Crippen LogP contribution in [0.2, 0.25) is 0 Å². The van der Waals surface area contributed by atoms with Crippen molar-refractivity contribution in [3.05, 3.63) is 15.8 Å². The van der Waals surface area contributed by atoms with Crippen LogP contribution in [0.3, 0.4) is 0 Å². The molecule has 1 heterocycles. The molecule has 0 saturated heterocycles. The fourth-order valence-corrected chi connectivity index (χ4v) is 5.11. The van der Waals surface area contributed by atoms with Crippen molar-refractivity contribution in [2.45, 2.75) is 43.9 Å². The minimum Gasteiger partial charge on any atom is -0.351 e. The Labute approximate surface area is 127 Å². The lowest BCUT2D eigenvalue weighted by Crippen LogP contribution is -2.29. The van der Waals surface area contributed by atoms with E-state index < -0.39 is 9.05 Å². The maximum Gasteiger partial charge on any atom is 0.262 e. The van der Waals surface area contributed by atoms with E-state index in [1.165, 1.54) is 25.3 Å². The summed E-state index contributed by atoms with van der Waals surface area (Å²) in [4.78, 5) is 13.0. The molecule has 1 fully saturated rings. The van der Waals surface area contributed by atoms with Crippen molar-refractivity contribution in [3.63, 3.8) is 0 Å². The number of hydrogen-bond donors (Lipinski definition) is 1. The van der Waals surface area contributed by atoms with Gasteiger partial charge in [-0.2, -0.15) is 0 Å². The summed E-state index contributed by atoms with van der Waals surface area (Å²) in [7, 11) is 1.55. The lowest BCUT2D eigenvalue weighted by Gasteiger charge is -2.21. The zero-order valence-corrected chi connectivity index (χ0v) is 13.7. The van der Waals surface area contributed by atoms with Gasteiger partial charge in [-0.3, -0.25) is 4.79 Å². The van der Waals surface area contributed by atoms with Crippen LogP contribution in [0.4, 0.5) is 0 Å². The van der Waals surface area contributed by atoms with Crippen molar-refractivity contribution < 1.29 is 13.2 Å². The lowest BCUT2D eigenvalue weighted by atomic mass is 9.89. The fraction of sp³-hybridized carbons (Fsp3) is 0.615. The fourth-order valence-electron chi connectivity index (χ4n) is 2.53. The maximum absolute atomic E-state index is 12.0. The molecule has 0 unspecified atom stereocenters. The Hall–Kier alpha value is -0.590. The van der Waals surface area contributed by atoms with Crippen LogP contribution >= 0.6 is 22.0 Å². The van der Waals surface area contributed by atoms with Gasteiger partial charge in [0, 0.05) is 22.1 Å². The number of thiophene rings is 1. The van der Waals surface area contributed by atoms with Crippen LogP contribution < -0.4 is 5.32 Å². The van der Waals surface area contributed by atoms with Gasteiger partial charge in [-0.15, -0.1) is 11.3 Å². The van der Waals surface area contributed by atoms with Crippen molar-refractivity contribution in [1.29, 1.82) is 0 Å². The molecule has 1 aliphatic rings. The van der Waals surface area contributed by atoms with E-state index in [1.54, 1.807) is 6.92 Å². The molecule has 1 aromatic heterocycles. The maximum atomic E-state index is 12.0. The summed E-state index contributed by atoms with van der Waals surface area (Å²) in [6.45, 7) is 2.32. The molecule has 1 saturated carbocycles. The van der Waals surface area contributed by atoms with Crippen molar-refractivity contribution in [2.24, 2.45) is 5.92 Å². The molecule has 112 valence electrons. The summed E-state index contributed by atoms with van der Waals surface area (Å²) in [5.41, 5.74) is 0. The van der Waals surface area contributed by atoms with Gasteiger partial charge < -0.3 is 5.32 Å². The zero-order valence-electron chi connectivity index (χ0n) is 11.3. The van der Waals surface area contributed by atoms with Gasteiger partial charge in [-0.25, -0.2) is 8.42 Å². The molecule has 0 radical (unpaired) electrons. The molecular formula is C13H18ClNO3S2. The molecular weight excluding hydrogens is 318 g/mol. The Balaban J connectivity index is 1.99. The highest BCUT2D eigenvalue weighted by Gasteiger charge is 2.21. The molecule has 1 amide bonds. The van der Waals surface area contributed by atoms with Gasteiger partial charge in [-0.1, -0.05) is 19.3 Å². The second kappa shape index (κ2) is 6.45. The van der Waals surface area contributed by atoms with Gasteiger partial charge in [0.1, 0.15) is 0 Å². The average molecular weight is 336 g/mol. The van der Waals surface area contributed by atoms with Gasteiger partial charge in [0.2, 0.25) is 0 Å². The summed E-state index contributed by atoms with van der Waals surface area (Å²) >= 11 is 1.16. The van der Waals surface area contributed by atoms with Gasteiger partial charge >= 0.3 is 0 Å². The summed E-state index contributed by atoms with van der Waals surface area (Å²) in [6.07, 6.45) is 6.06. The molecule has 0 aromatic carbocycles. The highest BCUT2D eigenvalue weighted by Crippen LogP contribution is 2.28. The number of rotatable bonds is 4. The van der Waals surface area contributed by atoms with E-state index in [1.807, 2.05) is 0 Å². The molecule has 0 atom stereocenters. The zero-order chi connectivity index (χ0) is 14.8. The van der Waals surface area contributed by atoms with Crippen molar-refractivity contribution in [2.75, 3.05) is 6.54 Å². The van der Waals surface area contributed by atoms with E-state index in [0.29, 0.717) is 22.2 Å². The van der Waals surface area contributed by atoms with Crippen LogP contribution in [0.1, 0.15) is 46.7 Å². The highest BCUT2D eigenvalue weighted by molar-refractivity contribution is 8.13. The van der Waals surface area contributed by atoms with Gasteiger partial charge in [0.05, 0.1) is 9.77 Å². The number of carbonyl (C=O) groups excluding carboxylic acids is 1. The number of aryl methyl sites for hydroxylation is 1. The van der Waals surface area contributed by atoms with Crippen LogP contribution in [-0.4, -0.2) is 20.9 Å². The minimum atomic E-state index is -3.78. The highest BCUT2D eigenvalue weighted by atomic mass is 35.7. The molecule has 7 heteroatoms. The third kappa shape index (κ3) is 3.96. The van der Waals surface area contributed by atoms with E-state index in [9.17, 15) is 13.2 Å². The van der Waals surface area contributed by atoms with Crippen molar-refractivity contribution in [3.8, 4) is 0 Å². The molecule has 1 N–H and O–H groups in total. The first-order chi connectivity index (χ1) is 9.38. The lowest BCUT2D eigenvalue weighted by molar-refractivity contribution is 0.0947. The quantitative estimate of drug-likeness (QED) is 0.859. The van der Waals surface area contributed by atoms with Crippen LogP contribution in [0, 0.1) is 12.8 Å². The number of carbonyl (C=O) groups is 1. The largest absolute Gasteiger partial charge is 0.351 e. The van der Waals surface area contributed by atoms with Crippen LogP contribution in [0.25, 0.3) is 0 Å². The first-order valence-electron chi connectivity index (χ1n) is 6.71. The smallest absolute Gasteiger partial charge is 0.262 e. The van der Waals surface area contributed by atoms with E-state index in [0.717, 1.165) is 24.2 Å². The first kappa shape index (κ1) is 15.8. The second-order valence-corrected chi connectivity index (χ2v) is 8.97. The summed E-state index contributed by atoms with van der Waals surface area (Å²) in [5, 5.41) is 2.89. The third-order valence-corrected chi connectivity index (χ3v) is 6.26. The molecule has 1 aromatic rings. The monoisotopic (exact) mass is 335 g/mol. The number of nitrogens with one attached hydrogen (secondary N) is 1. The molecule has 20 heavy (non-hydrogen) atoms. The molecule has 2 rings (SSSR count). The third-order valence-electron chi connectivity index (χ3n) is 3.63. The van der Waals surface area contributed by atoms with E-state index in [2.05, 4.69) is 5.32 Å². The van der Waals surface area contributed by atoms with Crippen LogP contribution in [-0.2, 0) is 9.05 Å². The Kier molecular flexibility index (Phi) is 5.09. The standard InChI is InChI=1S/C13H18ClNO3S2/c1-9-12(20(14,17)18)7-11(19-9)13(16)15-8-10-5-3-2-4-6-10/h7,10H,2-6,8H2,1H3,(H,15,16). The van der Waals surface area contributed by atoms with Crippen LogP contribution in [0.5, 0.6) is 0 Å². The SMILES string of the molecule is Cc1sc(C(=O)NCC2CCCCC2)cc1S(=O)(=O)Cl. The van der Waals surface area contributed by atoms with Crippen molar-refractivity contribution >= 4 is 37.0 Å². The van der Waals surface area contributed by atoms with Gasteiger partial charge in [0.15, 0.2) is 0 Å². The molecule has 0 aliphatic heterocycles. The Bertz CT molecular complexity index is 589. The summed E-state index contributed by atoms with van der Waals surface area (Å²) in [6, 6.07) is 1.36. The molecule has 0 bridgehead atoms. The summed E-state index contributed by atoms with van der Waals surface area (Å²) in [5.74, 6) is 0.334. The average Bonchev–Trinajstić information content (AvgIpc) is 2.79. The minimum absolute atomic E-state index is 0.0342. The van der Waals surface area contributed by atoms with E-state index >= 15 is 0 Å². The normalized spacial score (nSPS) is 17.1. The Morgan fingerprint density at radius 3 is 2.60 bits per heavy atom. The number of halogens is 1. The number of hydrogen-bond acceptors (Lipinski definition) is 4. The van der Waals surface area contributed by atoms with Crippen molar-refractivity contribution in [1.82, 2.24) is 5.32 Å². The molecule has 4 nitrogen and oxygen atoms in total. The topological polar surface area (TPSA) is 63.2 Å². The predicted octanol–water partition coefficient (Wildman–Crippen LogP) is 3.29. The van der Waals surface area contributed by atoms with Crippen LogP contribution in [0.15, 0.2) is 11.0 Å². The molecule has 1 aliphatic carbocycles. The molecule has 0 spiro atoms. The first-order valence-corrected chi connectivity index (χ1v) is 9.84. The van der Waals surface area contributed by atoms with Gasteiger partial charge in [0.25, 0.3) is 15.0 Å². The van der Waals surface area contributed by atoms with Gasteiger partial charge in [-0.05, 0) is 31.7 Å².